The second-order valence-corrected chi connectivity index (χ2v) is 6.78. The van der Waals surface area contributed by atoms with Crippen LogP contribution in [0.4, 0.5) is 10.7 Å². The number of hydrogen-bond acceptors (Lipinski definition) is 5. The Hall–Kier alpha value is -2.45. The van der Waals surface area contributed by atoms with Crippen LogP contribution < -0.4 is 10.6 Å². The monoisotopic (exact) mass is 378 g/mol. The lowest BCUT2D eigenvalue weighted by Gasteiger charge is -2.11. The number of carbonyl (C=O) groups is 2. The third kappa shape index (κ3) is 4.34. The maximum absolute atomic E-state index is 12.1. The van der Waals surface area contributed by atoms with Crippen molar-refractivity contribution in [3.05, 3.63) is 45.8 Å². The highest BCUT2D eigenvalue weighted by Crippen LogP contribution is 2.34. The average Bonchev–Trinajstić information content (AvgIpc) is 2.89. The number of thiocarbonyl (C=S) groups is 1. The Morgan fingerprint density at radius 2 is 2.04 bits per heavy atom. The molecule has 1 aromatic heterocycles. The van der Waals surface area contributed by atoms with Crippen LogP contribution in [0.5, 0.6) is 0 Å². The summed E-state index contributed by atoms with van der Waals surface area (Å²) in [5.41, 5.74) is 2.11. The van der Waals surface area contributed by atoms with Crippen molar-refractivity contribution in [2.24, 2.45) is 0 Å². The van der Waals surface area contributed by atoms with Crippen LogP contribution in [-0.2, 0) is 11.2 Å². The lowest BCUT2D eigenvalue weighted by molar-refractivity contribution is 0.0600. The SMILES string of the molecule is CCc1c(C)sc(NC(=S)Nc2cccc(C(=O)O)c2)c1C(=O)OC. The summed E-state index contributed by atoms with van der Waals surface area (Å²) < 4.78 is 4.87. The van der Waals surface area contributed by atoms with Crippen molar-refractivity contribution in [2.45, 2.75) is 20.3 Å². The molecule has 8 heteroatoms. The van der Waals surface area contributed by atoms with Gasteiger partial charge in [-0.3, -0.25) is 0 Å². The maximum atomic E-state index is 12.1. The predicted octanol–water partition coefficient (Wildman–Crippen LogP) is 3.91. The van der Waals surface area contributed by atoms with E-state index < -0.39 is 11.9 Å². The number of thiophene rings is 1. The molecule has 3 N–H and O–H groups in total. The van der Waals surface area contributed by atoms with Crippen LogP contribution in [-0.4, -0.2) is 29.3 Å². The molecule has 1 heterocycles. The van der Waals surface area contributed by atoms with E-state index in [4.69, 9.17) is 22.1 Å². The van der Waals surface area contributed by atoms with E-state index >= 15 is 0 Å². The van der Waals surface area contributed by atoms with E-state index in [0.29, 0.717) is 22.7 Å². The van der Waals surface area contributed by atoms with Crippen molar-refractivity contribution >= 4 is 51.3 Å². The highest BCUT2D eigenvalue weighted by Gasteiger charge is 2.22. The molecule has 0 unspecified atom stereocenters. The Morgan fingerprint density at radius 3 is 2.64 bits per heavy atom. The molecule has 0 atom stereocenters. The predicted molar refractivity (Wildman–Crippen MR) is 103 cm³/mol. The Kier molecular flexibility index (Phi) is 6.11. The number of aromatic carboxylic acids is 1. The molecule has 0 aliphatic heterocycles. The van der Waals surface area contributed by atoms with Gasteiger partial charge in [0.1, 0.15) is 5.00 Å². The number of hydrogen-bond donors (Lipinski definition) is 3. The van der Waals surface area contributed by atoms with E-state index in [0.717, 1.165) is 10.4 Å². The minimum Gasteiger partial charge on any atom is -0.478 e. The fourth-order valence-corrected chi connectivity index (χ4v) is 3.83. The number of esters is 1. The number of aryl methyl sites for hydroxylation is 1. The van der Waals surface area contributed by atoms with E-state index in [-0.39, 0.29) is 10.7 Å². The lowest BCUT2D eigenvalue weighted by Crippen LogP contribution is -2.20. The van der Waals surface area contributed by atoms with Crippen molar-refractivity contribution < 1.29 is 19.4 Å². The molecule has 0 saturated carbocycles. The van der Waals surface area contributed by atoms with Crippen molar-refractivity contribution in [2.75, 3.05) is 17.7 Å². The summed E-state index contributed by atoms with van der Waals surface area (Å²) in [4.78, 5) is 24.1. The summed E-state index contributed by atoms with van der Waals surface area (Å²) >= 11 is 6.71. The van der Waals surface area contributed by atoms with Crippen LogP contribution in [0.2, 0.25) is 0 Å². The van der Waals surface area contributed by atoms with Crippen molar-refractivity contribution in [3.63, 3.8) is 0 Å². The third-order valence-electron chi connectivity index (χ3n) is 3.55. The Labute approximate surface area is 154 Å². The number of nitrogens with one attached hydrogen (secondary N) is 2. The second-order valence-electron chi connectivity index (χ2n) is 5.15. The van der Waals surface area contributed by atoms with Gasteiger partial charge in [-0.2, -0.15) is 0 Å². The van der Waals surface area contributed by atoms with Gasteiger partial charge in [-0.1, -0.05) is 13.0 Å². The Bertz CT molecular complexity index is 830. The first-order valence-electron chi connectivity index (χ1n) is 7.49. The van der Waals surface area contributed by atoms with E-state index in [1.54, 1.807) is 12.1 Å². The van der Waals surface area contributed by atoms with Gasteiger partial charge in [0.25, 0.3) is 0 Å². The van der Waals surface area contributed by atoms with E-state index in [2.05, 4.69) is 10.6 Å². The highest BCUT2D eigenvalue weighted by molar-refractivity contribution is 7.80. The van der Waals surface area contributed by atoms with E-state index in [1.807, 2.05) is 13.8 Å². The summed E-state index contributed by atoms with van der Waals surface area (Å²) in [6.45, 7) is 3.91. The van der Waals surface area contributed by atoms with Gasteiger partial charge in [0.05, 0.1) is 18.2 Å². The third-order valence-corrected chi connectivity index (χ3v) is 4.81. The van der Waals surface area contributed by atoms with E-state index in [9.17, 15) is 9.59 Å². The molecule has 0 aliphatic carbocycles. The van der Waals surface area contributed by atoms with Crippen molar-refractivity contribution in [1.82, 2.24) is 0 Å². The molecule has 0 aliphatic rings. The number of benzene rings is 1. The smallest absolute Gasteiger partial charge is 0.341 e. The molecule has 0 spiro atoms. The van der Waals surface area contributed by atoms with Crippen LogP contribution in [0.1, 0.15) is 38.1 Å². The van der Waals surface area contributed by atoms with Crippen LogP contribution in [0.15, 0.2) is 24.3 Å². The largest absolute Gasteiger partial charge is 0.478 e. The zero-order valence-electron chi connectivity index (χ0n) is 14.0. The first kappa shape index (κ1) is 18.9. The van der Waals surface area contributed by atoms with Crippen LogP contribution in [0.25, 0.3) is 0 Å². The minimum atomic E-state index is -1.02. The molecule has 2 rings (SSSR count). The molecule has 1 aromatic carbocycles. The number of rotatable bonds is 5. The van der Waals surface area contributed by atoms with Gasteiger partial charge in [-0.25, -0.2) is 9.59 Å². The zero-order valence-corrected chi connectivity index (χ0v) is 15.6. The standard InChI is InChI=1S/C17H18N2O4S2/c1-4-12-9(2)25-14(13(12)16(22)23-3)19-17(24)18-11-7-5-6-10(8-11)15(20)21/h5-8H,4H2,1-3H3,(H,20,21)(H2,18,19,24). The summed E-state index contributed by atoms with van der Waals surface area (Å²) in [6.07, 6.45) is 0.704. The van der Waals surface area contributed by atoms with Gasteiger partial charge in [-0.05, 0) is 49.3 Å². The molecule has 0 fully saturated rings. The molecule has 0 saturated heterocycles. The highest BCUT2D eigenvalue weighted by atomic mass is 32.1. The van der Waals surface area contributed by atoms with Crippen LogP contribution in [0, 0.1) is 6.92 Å². The fraction of sp³-hybridized carbons (Fsp3) is 0.235. The Balaban J connectivity index is 2.22. The quantitative estimate of drug-likeness (QED) is 0.537. The first-order chi connectivity index (χ1) is 11.9. The van der Waals surface area contributed by atoms with Gasteiger partial charge >= 0.3 is 11.9 Å². The number of carboxylic acids is 1. The van der Waals surface area contributed by atoms with Gasteiger partial charge in [0, 0.05) is 10.6 Å². The molecule has 2 aromatic rings. The molecule has 0 radical (unpaired) electrons. The first-order valence-corrected chi connectivity index (χ1v) is 8.71. The second kappa shape index (κ2) is 8.09. The number of methoxy groups -OCH3 is 1. The summed E-state index contributed by atoms with van der Waals surface area (Å²) in [5, 5.41) is 15.8. The number of carbonyl (C=O) groups excluding carboxylic acids is 1. The van der Waals surface area contributed by atoms with Gasteiger partial charge in [-0.15, -0.1) is 11.3 Å². The summed E-state index contributed by atoms with van der Waals surface area (Å²) in [7, 11) is 1.34. The molecule has 132 valence electrons. The number of ether oxygens (including phenoxy) is 1. The van der Waals surface area contributed by atoms with E-state index in [1.165, 1.54) is 30.6 Å². The molecule has 6 nitrogen and oxygen atoms in total. The topological polar surface area (TPSA) is 87.7 Å². The van der Waals surface area contributed by atoms with Crippen molar-refractivity contribution in [3.8, 4) is 0 Å². The summed E-state index contributed by atoms with van der Waals surface area (Å²) in [5.74, 6) is -1.43. The molecule has 0 bridgehead atoms. The average molecular weight is 378 g/mol. The van der Waals surface area contributed by atoms with Gasteiger partial charge < -0.3 is 20.5 Å². The zero-order chi connectivity index (χ0) is 18.6. The summed E-state index contributed by atoms with van der Waals surface area (Å²) in [6, 6.07) is 6.31. The maximum Gasteiger partial charge on any atom is 0.341 e. The molecular formula is C17H18N2O4S2. The number of anilines is 2. The lowest BCUT2D eigenvalue weighted by atomic mass is 10.1. The molecule has 0 amide bonds. The fourth-order valence-electron chi connectivity index (χ4n) is 2.41. The van der Waals surface area contributed by atoms with Crippen LogP contribution >= 0.6 is 23.6 Å². The molecular weight excluding hydrogens is 360 g/mol. The van der Waals surface area contributed by atoms with Crippen molar-refractivity contribution in [1.29, 1.82) is 0 Å². The normalized spacial score (nSPS) is 10.2. The minimum absolute atomic E-state index is 0.156. The van der Waals surface area contributed by atoms with Crippen LogP contribution in [0.3, 0.4) is 0 Å². The van der Waals surface area contributed by atoms with Gasteiger partial charge in [0.2, 0.25) is 0 Å². The Morgan fingerprint density at radius 1 is 1.32 bits per heavy atom. The molecule has 25 heavy (non-hydrogen) atoms. The number of carboxylic acid groups (broad SMARTS) is 1. The van der Waals surface area contributed by atoms with Gasteiger partial charge in [0.15, 0.2) is 5.11 Å².